The third-order valence-corrected chi connectivity index (χ3v) is 6.05. The molecule has 25 heavy (non-hydrogen) atoms. The Kier molecular flexibility index (Phi) is 4.81. The Labute approximate surface area is 156 Å². The van der Waals surface area contributed by atoms with Crippen molar-refractivity contribution in [3.8, 4) is 11.1 Å². The molecule has 2 heterocycles. The number of thiophene rings is 1. The Morgan fingerprint density at radius 1 is 0.960 bits per heavy atom. The Morgan fingerprint density at radius 3 is 2.56 bits per heavy atom. The summed E-state index contributed by atoms with van der Waals surface area (Å²) < 4.78 is 0. The summed E-state index contributed by atoms with van der Waals surface area (Å²) >= 11 is 3.51. The van der Waals surface area contributed by atoms with Crippen LogP contribution in [0.5, 0.6) is 0 Å². The van der Waals surface area contributed by atoms with Gasteiger partial charge in [-0.05, 0) is 24.5 Å². The molecule has 2 aromatic heterocycles. The van der Waals surface area contributed by atoms with Crippen LogP contribution in [-0.4, -0.2) is 15.7 Å². The Balaban J connectivity index is 1.62. The molecule has 0 bridgehead atoms. The van der Waals surface area contributed by atoms with Crippen molar-refractivity contribution in [1.82, 2.24) is 9.97 Å². The molecular formula is C21H18N2S2. The lowest BCUT2D eigenvalue weighted by Gasteiger charge is -2.06. The predicted molar refractivity (Wildman–Crippen MR) is 108 cm³/mol. The number of thioether (sulfide) groups is 1. The van der Waals surface area contributed by atoms with Crippen molar-refractivity contribution >= 4 is 33.3 Å². The second-order valence-electron chi connectivity index (χ2n) is 5.96. The van der Waals surface area contributed by atoms with E-state index in [0.717, 1.165) is 22.0 Å². The van der Waals surface area contributed by atoms with Gasteiger partial charge in [0.2, 0.25) is 0 Å². The molecule has 0 unspecified atom stereocenters. The highest BCUT2D eigenvalue weighted by Crippen LogP contribution is 2.38. The number of fused-ring (bicyclic) bond motifs is 1. The highest BCUT2D eigenvalue weighted by atomic mass is 32.2. The zero-order valence-corrected chi connectivity index (χ0v) is 15.6. The molecule has 0 aliphatic carbocycles. The van der Waals surface area contributed by atoms with Gasteiger partial charge in [0, 0.05) is 16.7 Å². The molecule has 0 fully saturated rings. The topological polar surface area (TPSA) is 25.8 Å². The molecule has 4 aromatic rings. The first-order chi connectivity index (χ1) is 12.3. The lowest BCUT2D eigenvalue weighted by Crippen LogP contribution is -1.91. The van der Waals surface area contributed by atoms with Crippen LogP contribution in [0.15, 0.2) is 71.3 Å². The summed E-state index contributed by atoms with van der Waals surface area (Å²) in [5.74, 6) is 1.01. The summed E-state index contributed by atoms with van der Waals surface area (Å²) in [7, 11) is 0. The third kappa shape index (κ3) is 3.60. The lowest BCUT2D eigenvalue weighted by atomic mass is 10.1. The molecule has 0 N–H and O–H groups in total. The van der Waals surface area contributed by atoms with E-state index in [1.807, 2.05) is 11.8 Å². The molecule has 0 radical (unpaired) electrons. The number of nitrogens with zero attached hydrogens (tertiary/aromatic N) is 2. The Morgan fingerprint density at radius 2 is 1.76 bits per heavy atom. The Bertz CT molecular complexity index is 976. The molecule has 0 atom stereocenters. The number of benzene rings is 2. The predicted octanol–water partition coefficient (Wildman–Crippen LogP) is 6.00. The van der Waals surface area contributed by atoms with Crippen LogP contribution in [0.4, 0.5) is 0 Å². The fraction of sp³-hybridized carbons (Fsp3) is 0.143. The van der Waals surface area contributed by atoms with Crippen molar-refractivity contribution < 1.29 is 0 Å². The summed E-state index contributed by atoms with van der Waals surface area (Å²) in [4.78, 5) is 10.1. The van der Waals surface area contributed by atoms with Crippen molar-refractivity contribution in [2.45, 2.75) is 18.4 Å². The van der Waals surface area contributed by atoms with Crippen molar-refractivity contribution in [2.24, 2.45) is 0 Å². The van der Waals surface area contributed by atoms with Crippen LogP contribution in [0.25, 0.3) is 21.3 Å². The van der Waals surface area contributed by atoms with E-state index >= 15 is 0 Å². The second-order valence-corrected chi connectivity index (χ2v) is 7.90. The Hall–Kier alpha value is -2.17. The summed E-state index contributed by atoms with van der Waals surface area (Å²) in [6.45, 7) is 2.11. The molecule has 0 saturated carbocycles. The molecule has 0 spiro atoms. The van der Waals surface area contributed by atoms with Crippen LogP contribution < -0.4 is 0 Å². The van der Waals surface area contributed by atoms with E-state index in [1.54, 1.807) is 17.7 Å². The minimum absolute atomic E-state index is 1.01. The van der Waals surface area contributed by atoms with Gasteiger partial charge in [-0.3, -0.25) is 0 Å². The highest BCUT2D eigenvalue weighted by molar-refractivity contribution is 7.99. The van der Waals surface area contributed by atoms with E-state index in [2.05, 4.69) is 76.9 Å². The molecule has 0 saturated heterocycles. The number of aromatic nitrogens is 2. The number of hydrogen-bond acceptors (Lipinski definition) is 4. The van der Waals surface area contributed by atoms with Crippen molar-refractivity contribution in [2.75, 3.05) is 5.75 Å². The van der Waals surface area contributed by atoms with Crippen LogP contribution in [0.1, 0.15) is 11.1 Å². The summed E-state index contributed by atoms with van der Waals surface area (Å²) in [6, 6.07) is 19.3. The highest BCUT2D eigenvalue weighted by Gasteiger charge is 2.13. The number of rotatable bonds is 5. The molecule has 0 aliphatic rings. The van der Waals surface area contributed by atoms with Crippen LogP contribution in [0.2, 0.25) is 0 Å². The van der Waals surface area contributed by atoms with Gasteiger partial charge in [-0.1, -0.05) is 60.2 Å². The monoisotopic (exact) mass is 362 g/mol. The largest absolute Gasteiger partial charge is 0.229 e. The molecule has 2 nitrogen and oxygen atoms in total. The van der Waals surface area contributed by atoms with Crippen LogP contribution in [-0.2, 0) is 6.42 Å². The fourth-order valence-corrected chi connectivity index (χ4v) is 4.80. The molecule has 0 amide bonds. The average Bonchev–Trinajstić information content (AvgIpc) is 3.08. The van der Waals surface area contributed by atoms with E-state index in [9.17, 15) is 0 Å². The van der Waals surface area contributed by atoms with Gasteiger partial charge in [-0.15, -0.1) is 23.1 Å². The van der Waals surface area contributed by atoms with E-state index in [0.29, 0.717) is 0 Å². The molecular weight excluding hydrogens is 344 g/mol. The van der Waals surface area contributed by atoms with E-state index in [4.69, 9.17) is 0 Å². The first-order valence-corrected chi connectivity index (χ1v) is 10.1. The van der Waals surface area contributed by atoms with Crippen molar-refractivity contribution in [1.29, 1.82) is 0 Å². The van der Waals surface area contributed by atoms with Gasteiger partial charge in [0.25, 0.3) is 0 Å². The zero-order valence-electron chi connectivity index (χ0n) is 14.0. The average molecular weight is 363 g/mol. The van der Waals surface area contributed by atoms with E-state index < -0.39 is 0 Å². The van der Waals surface area contributed by atoms with Gasteiger partial charge in [0.15, 0.2) is 0 Å². The van der Waals surface area contributed by atoms with Gasteiger partial charge < -0.3 is 0 Å². The van der Waals surface area contributed by atoms with Crippen LogP contribution >= 0.6 is 23.1 Å². The first-order valence-electron chi connectivity index (χ1n) is 8.27. The molecule has 124 valence electrons. The summed E-state index contributed by atoms with van der Waals surface area (Å²) in [6.07, 6.45) is 2.73. The van der Waals surface area contributed by atoms with E-state index in [-0.39, 0.29) is 0 Å². The summed E-state index contributed by atoms with van der Waals surface area (Å²) in [5, 5.41) is 4.47. The van der Waals surface area contributed by atoms with Crippen molar-refractivity contribution in [3.63, 3.8) is 0 Å². The van der Waals surface area contributed by atoms with Gasteiger partial charge in [-0.2, -0.15) is 0 Å². The SMILES string of the molecule is Cc1ccc(-c2csc3ncnc(SCCc4ccccc4)c23)cc1. The molecule has 2 aromatic carbocycles. The van der Waals surface area contributed by atoms with Gasteiger partial charge in [0.1, 0.15) is 16.2 Å². The smallest absolute Gasteiger partial charge is 0.128 e. The summed E-state index contributed by atoms with van der Waals surface area (Å²) in [5.41, 5.74) is 5.11. The maximum Gasteiger partial charge on any atom is 0.128 e. The quantitative estimate of drug-likeness (QED) is 0.321. The van der Waals surface area contributed by atoms with Crippen LogP contribution in [0, 0.1) is 6.92 Å². The normalized spacial score (nSPS) is 11.1. The fourth-order valence-electron chi connectivity index (χ4n) is 2.81. The van der Waals surface area contributed by atoms with Crippen LogP contribution in [0.3, 0.4) is 0 Å². The minimum atomic E-state index is 1.01. The molecule has 0 aliphatic heterocycles. The second kappa shape index (κ2) is 7.38. The van der Waals surface area contributed by atoms with Gasteiger partial charge in [-0.25, -0.2) is 9.97 Å². The number of hydrogen-bond donors (Lipinski definition) is 0. The first kappa shape index (κ1) is 16.3. The maximum atomic E-state index is 4.57. The third-order valence-electron chi connectivity index (χ3n) is 4.17. The van der Waals surface area contributed by atoms with Gasteiger partial charge in [0.05, 0.1) is 5.39 Å². The standard InChI is InChI=1S/C21H18N2S2/c1-15-7-9-17(10-8-15)18-13-25-21-19(18)20(22-14-23-21)24-12-11-16-5-3-2-4-6-16/h2-10,13-14H,11-12H2,1H3. The lowest BCUT2D eigenvalue weighted by molar-refractivity contribution is 1.09. The zero-order chi connectivity index (χ0) is 17.1. The maximum absolute atomic E-state index is 4.57. The minimum Gasteiger partial charge on any atom is -0.229 e. The van der Waals surface area contributed by atoms with Crippen molar-refractivity contribution in [3.05, 3.63) is 77.4 Å². The molecule has 4 heteroatoms. The molecule has 4 rings (SSSR count). The van der Waals surface area contributed by atoms with E-state index in [1.165, 1.54) is 27.6 Å². The van der Waals surface area contributed by atoms with Gasteiger partial charge >= 0.3 is 0 Å². The number of aryl methyl sites for hydroxylation is 2.